The monoisotopic (exact) mass is 425 g/mol. The first-order valence-electron chi connectivity index (χ1n) is 9.04. The van der Waals surface area contributed by atoms with E-state index in [1.54, 1.807) is 24.3 Å². The summed E-state index contributed by atoms with van der Waals surface area (Å²) < 4.78 is 39.3. The number of amides is 1. The molecular formula is C22H20FN3O3S. The molecule has 1 amide bonds. The molecular weight excluding hydrogens is 405 g/mol. The van der Waals surface area contributed by atoms with Crippen LogP contribution in [0.1, 0.15) is 21.5 Å². The Morgan fingerprint density at radius 2 is 1.63 bits per heavy atom. The van der Waals surface area contributed by atoms with Crippen molar-refractivity contribution in [2.24, 2.45) is 5.10 Å². The fourth-order valence-corrected chi connectivity index (χ4v) is 3.62. The van der Waals surface area contributed by atoms with Crippen LogP contribution in [-0.2, 0) is 16.6 Å². The van der Waals surface area contributed by atoms with E-state index in [1.165, 1.54) is 34.8 Å². The van der Waals surface area contributed by atoms with Gasteiger partial charge in [0, 0.05) is 11.1 Å². The van der Waals surface area contributed by atoms with Gasteiger partial charge in [-0.2, -0.15) is 5.10 Å². The molecule has 3 aromatic carbocycles. The molecule has 0 saturated carbocycles. The number of carbonyl (C=O) groups excluding carboxylic acids is 1. The molecule has 0 aliphatic heterocycles. The standard InChI is InChI=1S/C22H20FN3O3S/c1-30(28,29)26(16-17-7-3-2-4-8-17)20-13-11-18(12-14-20)22(27)25-24-15-19-9-5-6-10-21(19)23/h2-15H,16H2,1H3,(H,25,27)/b24-15+. The summed E-state index contributed by atoms with van der Waals surface area (Å²) in [6.07, 6.45) is 2.35. The van der Waals surface area contributed by atoms with E-state index in [9.17, 15) is 17.6 Å². The Bertz CT molecular complexity index is 1150. The Kier molecular flexibility index (Phi) is 6.58. The zero-order chi connectivity index (χ0) is 21.6. The highest BCUT2D eigenvalue weighted by Gasteiger charge is 2.18. The number of hydrazone groups is 1. The predicted octanol–water partition coefficient (Wildman–Crippen LogP) is 3.56. The number of rotatable bonds is 7. The molecule has 0 heterocycles. The van der Waals surface area contributed by atoms with Crippen LogP contribution in [0.25, 0.3) is 0 Å². The van der Waals surface area contributed by atoms with E-state index in [1.807, 2.05) is 30.3 Å². The van der Waals surface area contributed by atoms with Crippen molar-refractivity contribution >= 4 is 27.8 Å². The second kappa shape index (κ2) is 9.32. The Hall–Kier alpha value is -3.52. The van der Waals surface area contributed by atoms with E-state index in [4.69, 9.17) is 0 Å². The largest absolute Gasteiger partial charge is 0.271 e. The van der Waals surface area contributed by atoms with Gasteiger partial charge in [0.15, 0.2) is 0 Å². The Morgan fingerprint density at radius 1 is 1.00 bits per heavy atom. The number of nitrogens with zero attached hydrogens (tertiary/aromatic N) is 2. The number of hydrogen-bond donors (Lipinski definition) is 1. The lowest BCUT2D eigenvalue weighted by atomic mass is 10.2. The summed E-state index contributed by atoms with van der Waals surface area (Å²) in [7, 11) is -3.52. The fourth-order valence-electron chi connectivity index (χ4n) is 2.73. The quantitative estimate of drug-likeness (QED) is 0.464. The van der Waals surface area contributed by atoms with Crippen LogP contribution < -0.4 is 9.73 Å². The predicted molar refractivity (Wildman–Crippen MR) is 115 cm³/mol. The minimum atomic E-state index is -3.52. The number of nitrogens with one attached hydrogen (secondary N) is 1. The lowest BCUT2D eigenvalue weighted by Gasteiger charge is -2.22. The molecule has 154 valence electrons. The second-order valence-corrected chi connectivity index (χ2v) is 8.43. The zero-order valence-electron chi connectivity index (χ0n) is 16.2. The van der Waals surface area contributed by atoms with E-state index in [2.05, 4.69) is 10.5 Å². The molecule has 0 saturated heterocycles. The van der Waals surface area contributed by atoms with Crippen molar-refractivity contribution in [3.8, 4) is 0 Å². The maximum Gasteiger partial charge on any atom is 0.271 e. The highest BCUT2D eigenvalue weighted by atomic mass is 32.2. The molecule has 0 unspecified atom stereocenters. The molecule has 0 radical (unpaired) electrons. The summed E-state index contributed by atoms with van der Waals surface area (Å²) in [6, 6.07) is 21.4. The van der Waals surface area contributed by atoms with Gasteiger partial charge in [-0.3, -0.25) is 9.10 Å². The second-order valence-electron chi connectivity index (χ2n) is 6.52. The van der Waals surface area contributed by atoms with Gasteiger partial charge in [-0.05, 0) is 35.9 Å². The summed E-state index contributed by atoms with van der Waals surface area (Å²) in [5, 5.41) is 3.76. The number of halogens is 1. The normalized spacial score (nSPS) is 11.4. The highest BCUT2D eigenvalue weighted by Crippen LogP contribution is 2.21. The van der Waals surface area contributed by atoms with Gasteiger partial charge in [-0.1, -0.05) is 48.5 Å². The van der Waals surface area contributed by atoms with Crippen LogP contribution >= 0.6 is 0 Å². The van der Waals surface area contributed by atoms with Crippen LogP contribution in [-0.4, -0.2) is 26.8 Å². The summed E-state index contributed by atoms with van der Waals surface area (Å²) >= 11 is 0. The molecule has 0 aliphatic carbocycles. The van der Waals surface area contributed by atoms with E-state index < -0.39 is 21.7 Å². The van der Waals surface area contributed by atoms with Crippen molar-refractivity contribution in [1.29, 1.82) is 0 Å². The number of benzene rings is 3. The topological polar surface area (TPSA) is 78.8 Å². The van der Waals surface area contributed by atoms with E-state index in [-0.39, 0.29) is 17.7 Å². The van der Waals surface area contributed by atoms with Crippen LogP contribution in [0.15, 0.2) is 84.0 Å². The number of sulfonamides is 1. The van der Waals surface area contributed by atoms with Gasteiger partial charge in [-0.15, -0.1) is 0 Å². The summed E-state index contributed by atoms with van der Waals surface area (Å²) in [5.74, 6) is -0.942. The molecule has 0 fully saturated rings. The van der Waals surface area contributed by atoms with Gasteiger partial charge < -0.3 is 0 Å². The van der Waals surface area contributed by atoms with Gasteiger partial charge in [0.2, 0.25) is 10.0 Å². The zero-order valence-corrected chi connectivity index (χ0v) is 17.0. The van der Waals surface area contributed by atoms with Gasteiger partial charge in [0.1, 0.15) is 5.82 Å². The molecule has 6 nitrogen and oxygen atoms in total. The number of hydrogen-bond acceptors (Lipinski definition) is 4. The third-order valence-electron chi connectivity index (χ3n) is 4.26. The van der Waals surface area contributed by atoms with Gasteiger partial charge >= 0.3 is 0 Å². The van der Waals surface area contributed by atoms with Gasteiger partial charge in [0.25, 0.3) is 5.91 Å². The van der Waals surface area contributed by atoms with E-state index in [0.29, 0.717) is 5.69 Å². The first-order valence-corrected chi connectivity index (χ1v) is 10.9. The Balaban J connectivity index is 1.72. The average Bonchev–Trinajstić information content (AvgIpc) is 2.73. The number of anilines is 1. The first-order chi connectivity index (χ1) is 14.3. The number of carbonyl (C=O) groups is 1. The van der Waals surface area contributed by atoms with Crippen LogP contribution in [0.3, 0.4) is 0 Å². The highest BCUT2D eigenvalue weighted by molar-refractivity contribution is 7.92. The van der Waals surface area contributed by atoms with Gasteiger partial charge in [0.05, 0.1) is 24.7 Å². The first kappa shape index (κ1) is 21.2. The van der Waals surface area contributed by atoms with E-state index in [0.717, 1.165) is 11.8 Å². The van der Waals surface area contributed by atoms with Crippen LogP contribution in [0.4, 0.5) is 10.1 Å². The molecule has 8 heteroatoms. The lowest BCUT2D eigenvalue weighted by Crippen LogP contribution is -2.29. The third kappa shape index (κ3) is 5.51. The average molecular weight is 425 g/mol. The summed E-state index contributed by atoms with van der Waals surface area (Å²) in [5.41, 5.74) is 4.14. The van der Waals surface area contributed by atoms with Crippen LogP contribution in [0, 0.1) is 5.82 Å². The minimum absolute atomic E-state index is 0.179. The van der Waals surface area contributed by atoms with E-state index >= 15 is 0 Å². The lowest BCUT2D eigenvalue weighted by molar-refractivity contribution is 0.0955. The van der Waals surface area contributed by atoms with Crippen LogP contribution in [0.5, 0.6) is 0 Å². The molecule has 1 N–H and O–H groups in total. The maximum absolute atomic E-state index is 13.6. The Labute approximate surface area is 174 Å². The summed E-state index contributed by atoms with van der Waals surface area (Å²) in [6.45, 7) is 0.179. The smallest absolute Gasteiger partial charge is 0.267 e. The molecule has 0 spiro atoms. The maximum atomic E-state index is 13.6. The fraction of sp³-hybridized carbons (Fsp3) is 0.0909. The van der Waals surface area contributed by atoms with Crippen molar-refractivity contribution in [3.05, 3.63) is 101 Å². The Morgan fingerprint density at radius 3 is 2.27 bits per heavy atom. The van der Waals surface area contributed by atoms with Crippen LogP contribution in [0.2, 0.25) is 0 Å². The minimum Gasteiger partial charge on any atom is -0.267 e. The molecule has 0 aromatic heterocycles. The molecule has 0 atom stereocenters. The molecule has 3 rings (SSSR count). The van der Waals surface area contributed by atoms with Gasteiger partial charge in [-0.25, -0.2) is 18.2 Å². The molecule has 30 heavy (non-hydrogen) atoms. The molecule has 0 bridgehead atoms. The van der Waals surface area contributed by atoms with Crippen molar-refractivity contribution < 1.29 is 17.6 Å². The van der Waals surface area contributed by atoms with Crippen molar-refractivity contribution in [1.82, 2.24) is 5.43 Å². The SMILES string of the molecule is CS(=O)(=O)N(Cc1ccccc1)c1ccc(C(=O)N/N=C/c2ccccc2F)cc1. The summed E-state index contributed by atoms with van der Waals surface area (Å²) in [4.78, 5) is 12.2. The van der Waals surface area contributed by atoms with Crippen molar-refractivity contribution in [3.63, 3.8) is 0 Å². The third-order valence-corrected chi connectivity index (χ3v) is 5.40. The molecule has 0 aliphatic rings. The van der Waals surface area contributed by atoms with Crippen molar-refractivity contribution in [2.75, 3.05) is 10.6 Å². The van der Waals surface area contributed by atoms with Crippen molar-refractivity contribution in [2.45, 2.75) is 6.54 Å². The molecule has 3 aromatic rings.